The first kappa shape index (κ1) is 9.24. The fourth-order valence-electron chi connectivity index (χ4n) is 1.12. The van der Waals surface area contributed by atoms with Gasteiger partial charge in [0, 0.05) is 15.3 Å². The summed E-state index contributed by atoms with van der Waals surface area (Å²) in [6.07, 6.45) is 4.45. The van der Waals surface area contributed by atoms with Gasteiger partial charge in [0.2, 0.25) is 5.88 Å². The smallest absolute Gasteiger partial charge is 0.217 e. The minimum absolute atomic E-state index is 0.791. The van der Waals surface area contributed by atoms with Crippen molar-refractivity contribution in [2.45, 2.75) is 19.8 Å². The molecule has 2 nitrogen and oxygen atoms in total. The zero-order valence-electron chi connectivity index (χ0n) is 7.59. The summed E-state index contributed by atoms with van der Waals surface area (Å²) in [5, 5.41) is 0. The van der Waals surface area contributed by atoms with Crippen LogP contribution in [0.4, 0.5) is 0 Å². The monoisotopic (exact) mass is 289 g/mol. The lowest BCUT2D eigenvalue weighted by Crippen LogP contribution is -2.02. The van der Waals surface area contributed by atoms with Crippen molar-refractivity contribution >= 4 is 22.6 Å². The molecular weight excluding hydrogens is 277 g/mol. The number of aromatic nitrogens is 1. The minimum atomic E-state index is 0.791. The van der Waals surface area contributed by atoms with E-state index in [1.54, 1.807) is 6.20 Å². The summed E-state index contributed by atoms with van der Waals surface area (Å²) in [6, 6.07) is 2.00. The Morgan fingerprint density at radius 2 is 2.38 bits per heavy atom. The second-order valence-corrected chi connectivity index (χ2v) is 4.64. The van der Waals surface area contributed by atoms with Crippen molar-refractivity contribution in [1.82, 2.24) is 4.98 Å². The molecule has 0 spiro atoms. The van der Waals surface area contributed by atoms with E-state index < -0.39 is 0 Å². The summed E-state index contributed by atoms with van der Waals surface area (Å²) in [6.45, 7) is 2.89. The van der Waals surface area contributed by atoms with Gasteiger partial charge in [0.15, 0.2) is 0 Å². The molecule has 3 heteroatoms. The summed E-state index contributed by atoms with van der Waals surface area (Å²) in [5.41, 5.74) is 1.16. The fourth-order valence-corrected chi connectivity index (χ4v) is 1.51. The van der Waals surface area contributed by atoms with Crippen LogP contribution in [0.1, 0.15) is 18.4 Å². The molecule has 1 aromatic heterocycles. The van der Waals surface area contributed by atoms with Crippen LogP contribution < -0.4 is 4.74 Å². The van der Waals surface area contributed by atoms with Gasteiger partial charge in [-0.1, -0.05) is 0 Å². The lowest BCUT2D eigenvalue weighted by Gasteiger charge is -2.07. The standard InChI is InChI=1S/C10H12INO/c1-7-9(11)4-5-12-10(7)13-6-8-2-3-8/h4-5,8H,2-3,6H2,1H3. The molecule has 0 bridgehead atoms. The molecule has 2 rings (SSSR count). The van der Waals surface area contributed by atoms with Crippen molar-refractivity contribution < 1.29 is 4.74 Å². The molecule has 1 aromatic rings. The molecule has 0 saturated heterocycles. The molecule has 0 unspecified atom stereocenters. The molecule has 1 aliphatic carbocycles. The Balaban J connectivity index is 2.05. The zero-order valence-corrected chi connectivity index (χ0v) is 9.74. The van der Waals surface area contributed by atoms with Crippen molar-refractivity contribution in [3.63, 3.8) is 0 Å². The van der Waals surface area contributed by atoms with Crippen molar-refractivity contribution in [2.75, 3.05) is 6.61 Å². The van der Waals surface area contributed by atoms with Crippen LogP contribution in [-0.2, 0) is 0 Å². The number of hydrogen-bond acceptors (Lipinski definition) is 2. The average molecular weight is 289 g/mol. The maximum absolute atomic E-state index is 5.63. The highest BCUT2D eigenvalue weighted by Gasteiger charge is 2.22. The van der Waals surface area contributed by atoms with E-state index in [0.29, 0.717) is 0 Å². The molecule has 0 N–H and O–H groups in total. The van der Waals surface area contributed by atoms with Crippen LogP contribution in [0.15, 0.2) is 12.3 Å². The van der Waals surface area contributed by atoms with Gasteiger partial charge in [-0.05, 0) is 54.3 Å². The Morgan fingerprint density at radius 3 is 3.08 bits per heavy atom. The lowest BCUT2D eigenvalue weighted by atomic mass is 10.3. The van der Waals surface area contributed by atoms with E-state index in [1.807, 2.05) is 6.07 Å². The highest BCUT2D eigenvalue weighted by molar-refractivity contribution is 14.1. The van der Waals surface area contributed by atoms with Gasteiger partial charge < -0.3 is 4.74 Å². The van der Waals surface area contributed by atoms with Crippen molar-refractivity contribution in [3.05, 3.63) is 21.4 Å². The Hall–Kier alpha value is -0.320. The van der Waals surface area contributed by atoms with Crippen molar-refractivity contribution in [1.29, 1.82) is 0 Å². The second-order valence-electron chi connectivity index (χ2n) is 3.48. The number of halogens is 1. The molecule has 1 heterocycles. The van der Waals surface area contributed by atoms with Crippen LogP contribution in [0, 0.1) is 16.4 Å². The summed E-state index contributed by atoms with van der Waals surface area (Å²) in [5.74, 6) is 1.60. The summed E-state index contributed by atoms with van der Waals surface area (Å²) >= 11 is 2.30. The summed E-state index contributed by atoms with van der Waals surface area (Å²) in [4.78, 5) is 4.21. The second kappa shape index (κ2) is 3.82. The van der Waals surface area contributed by atoms with Gasteiger partial charge in [0.05, 0.1) is 6.61 Å². The fraction of sp³-hybridized carbons (Fsp3) is 0.500. The molecule has 0 radical (unpaired) electrons. The van der Waals surface area contributed by atoms with Crippen molar-refractivity contribution in [2.24, 2.45) is 5.92 Å². The molecule has 0 atom stereocenters. The number of hydrogen-bond donors (Lipinski definition) is 0. The Labute approximate surface area is 91.8 Å². The third-order valence-corrected chi connectivity index (χ3v) is 3.41. The Morgan fingerprint density at radius 1 is 1.62 bits per heavy atom. The van der Waals surface area contributed by atoms with Crippen LogP contribution in [0.2, 0.25) is 0 Å². The quantitative estimate of drug-likeness (QED) is 0.798. The van der Waals surface area contributed by atoms with Gasteiger partial charge in [-0.25, -0.2) is 4.98 Å². The van der Waals surface area contributed by atoms with E-state index in [4.69, 9.17) is 4.74 Å². The topological polar surface area (TPSA) is 22.1 Å². The molecule has 1 aliphatic rings. The summed E-state index contributed by atoms with van der Waals surface area (Å²) < 4.78 is 6.85. The van der Waals surface area contributed by atoms with E-state index in [-0.39, 0.29) is 0 Å². The van der Waals surface area contributed by atoms with Gasteiger partial charge in [-0.15, -0.1) is 0 Å². The molecule has 1 saturated carbocycles. The average Bonchev–Trinajstić information content (AvgIpc) is 2.91. The molecular formula is C10H12INO. The first-order valence-electron chi connectivity index (χ1n) is 4.51. The largest absolute Gasteiger partial charge is 0.477 e. The first-order valence-corrected chi connectivity index (χ1v) is 5.59. The van der Waals surface area contributed by atoms with Gasteiger partial charge in [-0.3, -0.25) is 0 Å². The molecule has 0 aromatic carbocycles. The lowest BCUT2D eigenvalue weighted by molar-refractivity contribution is 0.286. The number of nitrogens with zero attached hydrogens (tertiary/aromatic N) is 1. The predicted octanol–water partition coefficient (Wildman–Crippen LogP) is 2.78. The highest BCUT2D eigenvalue weighted by Crippen LogP contribution is 2.30. The number of ether oxygens (including phenoxy) is 1. The number of pyridine rings is 1. The van der Waals surface area contributed by atoms with Gasteiger partial charge >= 0.3 is 0 Å². The third kappa shape index (κ3) is 2.33. The maximum atomic E-state index is 5.63. The van der Waals surface area contributed by atoms with Gasteiger partial charge in [0.25, 0.3) is 0 Å². The molecule has 1 fully saturated rings. The van der Waals surface area contributed by atoms with Crippen LogP contribution in [0.3, 0.4) is 0 Å². The number of rotatable bonds is 3. The van der Waals surface area contributed by atoms with E-state index >= 15 is 0 Å². The van der Waals surface area contributed by atoms with Crippen LogP contribution >= 0.6 is 22.6 Å². The van der Waals surface area contributed by atoms with Crippen LogP contribution in [-0.4, -0.2) is 11.6 Å². The van der Waals surface area contributed by atoms with Gasteiger partial charge in [-0.2, -0.15) is 0 Å². The zero-order chi connectivity index (χ0) is 9.26. The molecule has 13 heavy (non-hydrogen) atoms. The summed E-state index contributed by atoms with van der Waals surface area (Å²) in [7, 11) is 0. The van der Waals surface area contributed by atoms with E-state index in [0.717, 1.165) is 24.0 Å². The van der Waals surface area contributed by atoms with Crippen LogP contribution in [0.25, 0.3) is 0 Å². The highest BCUT2D eigenvalue weighted by atomic mass is 127. The van der Waals surface area contributed by atoms with Crippen LogP contribution in [0.5, 0.6) is 5.88 Å². The molecule has 0 amide bonds. The van der Waals surface area contributed by atoms with E-state index in [1.165, 1.54) is 16.4 Å². The predicted molar refractivity (Wildman–Crippen MR) is 59.9 cm³/mol. The van der Waals surface area contributed by atoms with E-state index in [9.17, 15) is 0 Å². The van der Waals surface area contributed by atoms with Gasteiger partial charge in [0.1, 0.15) is 0 Å². The molecule has 0 aliphatic heterocycles. The Kier molecular flexibility index (Phi) is 2.71. The minimum Gasteiger partial charge on any atom is -0.477 e. The van der Waals surface area contributed by atoms with Crippen molar-refractivity contribution in [3.8, 4) is 5.88 Å². The normalized spacial score (nSPS) is 15.8. The Bertz CT molecular complexity index is 310. The molecule has 70 valence electrons. The van der Waals surface area contributed by atoms with E-state index in [2.05, 4.69) is 34.5 Å². The third-order valence-electron chi connectivity index (χ3n) is 2.24. The SMILES string of the molecule is Cc1c(I)ccnc1OCC1CC1. The maximum Gasteiger partial charge on any atom is 0.217 e. The first-order chi connectivity index (χ1) is 6.27.